The lowest BCUT2D eigenvalue weighted by molar-refractivity contribution is 0.723. The lowest BCUT2D eigenvalue weighted by Gasteiger charge is -2.08. The van der Waals surface area contributed by atoms with E-state index in [0.717, 1.165) is 12.1 Å². The van der Waals surface area contributed by atoms with Gasteiger partial charge in [-0.15, -0.1) is 24.0 Å². The Morgan fingerprint density at radius 1 is 1.47 bits per heavy atom. The Morgan fingerprint density at radius 3 is 2.71 bits per heavy atom. The fourth-order valence-corrected chi connectivity index (χ4v) is 1.29. The van der Waals surface area contributed by atoms with Gasteiger partial charge in [0.05, 0.1) is 0 Å². The molecule has 0 saturated carbocycles. The maximum atomic E-state index is 5.69. The number of guanidine groups is 1. The number of hydrogen-bond donors (Lipinski definition) is 2. The van der Waals surface area contributed by atoms with Crippen LogP contribution in [0.1, 0.15) is 25.1 Å². The molecule has 96 valence electrons. The van der Waals surface area contributed by atoms with Crippen LogP contribution in [0.5, 0.6) is 0 Å². The van der Waals surface area contributed by atoms with Gasteiger partial charge in [-0.05, 0) is 38.8 Å². The largest absolute Gasteiger partial charge is 0.370 e. The topological polar surface area (TPSA) is 63.3 Å². The monoisotopic (exact) mass is 348 g/mol. The molecule has 0 bridgehead atoms. The fourth-order valence-electron chi connectivity index (χ4n) is 1.29. The zero-order valence-corrected chi connectivity index (χ0v) is 12.9. The molecule has 0 saturated heterocycles. The first-order chi connectivity index (χ1) is 7.58. The standard InChI is InChI=1S/C12H20N4.HI/c1-9(2)16-12(13)14-7-6-11-5-4-10(3)15-8-11;/h4-5,8-9H,6-7H2,1-3H3,(H3,13,14,16);1H. The first kappa shape index (κ1) is 16.1. The second-order valence-corrected chi connectivity index (χ2v) is 4.12. The lowest BCUT2D eigenvalue weighted by atomic mass is 10.2. The van der Waals surface area contributed by atoms with Crippen LogP contribution in [0, 0.1) is 6.92 Å². The summed E-state index contributed by atoms with van der Waals surface area (Å²) >= 11 is 0. The first-order valence-corrected chi connectivity index (χ1v) is 5.56. The molecule has 0 spiro atoms. The summed E-state index contributed by atoms with van der Waals surface area (Å²) in [5.74, 6) is 0.509. The smallest absolute Gasteiger partial charge is 0.188 e. The Hall–Kier alpha value is -0.850. The molecule has 4 nitrogen and oxygen atoms in total. The molecule has 17 heavy (non-hydrogen) atoms. The third-order valence-corrected chi connectivity index (χ3v) is 2.09. The molecule has 0 radical (unpaired) electrons. The lowest BCUT2D eigenvalue weighted by Crippen LogP contribution is -2.36. The van der Waals surface area contributed by atoms with Gasteiger partial charge in [0.1, 0.15) is 0 Å². The van der Waals surface area contributed by atoms with Gasteiger partial charge in [-0.25, -0.2) is 0 Å². The molecular formula is C12H21IN4. The van der Waals surface area contributed by atoms with Crippen LogP contribution >= 0.6 is 24.0 Å². The van der Waals surface area contributed by atoms with E-state index in [4.69, 9.17) is 5.73 Å². The molecule has 1 aromatic rings. The van der Waals surface area contributed by atoms with Gasteiger partial charge >= 0.3 is 0 Å². The molecule has 0 amide bonds. The van der Waals surface area contributed by atoms with Crippen molar-refractivity contribution in [3.63, 3.8) is 0 Å². The van der Waals surface area contributed by atoms with Gasteiger partial charge in [0.2, 0.25) is 0 Å². The molecule has 5 heteroatoms. The zero-order chi connectivity index (χ0) is 12.0. The van der Waals surface area contributed by atoms with Crippen molar-refractivity contribution in [3.05, 3.63) is 29.6 Å². The number of nitrogens with two attached hydrogens (primary N) is 1. The van der Waals surface area contributed by atoms with Crippen LogP contribution < -0.4 is 11.1 Å². The minimum atomic E-state index is 0. The number of halogens is 1. The molecule has 0 aliphatic rings. The molecule has 0 fully saturated rings. The predicted octanol–water partition coefficient (Wildman–Crippen LogP) is 1.86. The molecular weight excluding hydrogens is 327 g/mol. The summed E-state index contributed by atoms with van der Waals surface area (Å²) in [7, 11) is 0. The highest BCUT2D eigenvalue weighted by molar-refractivity contribution is 14.0. The molecule has 1 aromatic heterocycles. The third-order valence-electron chi connectivity index (χ3n) is 2.09. The third kappa shape index (κ3) is 7.14. The maximum Gasteiger partial charge on any atom is 0.188 e. The molecule has 0 unspecified atom stereocenters. The summed E-state index contributed by atoms with van der Waals surface area (Å²) < 4.78 is 0. The average Bonchev–Trinajstić information content (AvgIpc) is 2.20. The Kier molecular flexibility index (Phi) is 7.86. The van der Waals surface area contributed by atoms with Crippen molar-refractivity contribution < 1.29 is 0 Å². The summed E-state index contributed by atoms with van der Waals surface area (Å²) in [5, 5.41) is 3.05. The average molecular weight is 348 g/mol. The predicted molar refractivity (Wildman–Crippen MR) is 82.9 cm³/mol. The van der Waals surface area contributed by atoms with E-state index in [1.165, 1.54) is 5.56 Å². The van der Waals surface area contributed by atoms with Gasteiger partial charge in [0.15, 0.2) is 5.96 Å². The second kappa shape index (κ2) is 8.27. The number of aliphatic imine (C=N–C) groups is 1. The van der Waals surface area contributed by atoms with Crippen molar-refractivity contribution in [2.75, 3.05) is 6.54 Å². The summed E-state index contributed by atoms with van der Waals surface area (Å²) in [5.41, 5.74) is 7.91. The van der Waals surface area contributed by atoms with Crippen molar-refractivity contribution >= 4 is 29.9 Å². The molecule has 0 aliphatic carbocycles. The highest BCUT2D eigenvalue weighted by Crippen LogP contribution is 2.00. The van der Waals surface area contributed by atoms with Crippen molar-refractivity contribution in [2.45, 2.75) is 33.2 Å². The highest BCUT2D eigenvalue weighted by Gasteiger charge is 1.95. The van der Waals surface area contributed by atoms with E-state index >= 15 is 0 Å². The quantitative estimate of drug-likeness (QED) is 0.496. The fraction of sp³-hybridized carbons (Fsp3) is 0.500. The molecule has 1 rings (SSSR count). The van der Waals surface area contributed by atoms with E-state index in [-0.39, 0.29) is 24.0 Å². The Bertz CT molecular complexity index is 346. The minimum absolute atomic E-state index is 0. The van der Waals surface area contributed by atoms with E-state index < -0.39 is 0 Å². The van der Waals surface area contributed by atoms with Crippen LogP contribution in [0.15, 0.2) is 23.3 Å². The summed E-state index contributed by atoms with van der Waals surface area (Å²) in [4.78, 5) is 8.47. The highest BCUT2D eigenvalue weighted by atomic mass is 127. The molecule has 0 aromatic carbocycles. The van der Waals surface area contributed by atoms with Crippen LogP contribution in [0.25, 0.3) is 0 Å². The van der Waals surface area contributed by atoms with Crippen LogP contribution in [-0.2, 0) is 6.42 Å². The Balaban J connectivity index is 0.00000256. The van der Waals surface area contributed by atoms with E-state index in [9.17, 15) is 0 Å². The van der Waals surface area contributed by atoms with Crippen LogP contribution in [0.4, 0.5) is 0 Å². The number of nitrogens with one attached hydrogen (secondary N) is 1. The van der Waals surface area contributed by atoms with Gasteiger partial charge in [-0.1, -0.05) is 6.07 Å². The second-order valence-electron chi connectivity index (χ2n) is 4.12. The minimum Gasteiger partial charge on any atom is -0.370 e. The summed E-state index contributed by atoms with van der Waals surface area (Å²) in [6.45, 7) is 6.74. The van der Waals surface area contributed by atoms with Crippen molar-refractivity contribution in [1.82, 2.24) is 10.3 Å². The van der Waals surface area contributed by atoms with E-state index in [1.807, 2.05) is 33.0 Å². The number of hydrogen-bond acceptors (Lipinski definition) is 2. The number of nitrogens with zero attached hydrogens (tertiary/aromatic N) is 2. The van der Waals surface area contributed by atoms with Gasteiger partial charge in [0.25, 0.3) is 0 Å². The van der Waals surface area contributed by atoms with Crippen LogP contribution in [-0.4, -0.2) is 23.5 Å². The van der Waals surface area contributed by atoms with E-state index in [0.29, 0.717) is 18.5 Å². The van der Waals surface area contributed by atoms with Crippen LogP contribution in [0.3, 0.4) is 0 Å². The van der Waals surface area contributed by atoms with Crippen molar-refractivity contribution in [1.29, 1.82) is 0 Å². The molecule has 3 N–H and O–H groups in total. The number of aryl methyl sites for hydroxylation is 1. The SMILES string of the molecule is Cc1ccc(CCN=C(N)NC(C)C)cn1.I. The molecule has 1 heterocycles. The number of rotatable bonds is 4. The Morgan fingerprint density at radius 2 is 2.18 bits per heavy atom. The van der Waals surface area contributed by atoms with Crippen molar-refractivity contribution in [2.24, 2.45) is 10.7 Å². The summed E-state index contributed by atoms with van der Waals surface area (Å²) in [6, 6.07) is 4.41. The molecule has 0 atom stereocenters. The zero-order valence-electron chi connectivity index (χ0n) is 10.6. The van der Waals surface area contributed by atoms with Gasteiger partial charge in [0, 0.05) is 24.5 Å². The summed E-state index contributed by atoms with van der Waals surface area (Å²) in [6.07, 6.45) is 2.75. The molecule has 0 aliphatic heterocycles. The first-order valence-electron chi connectivity index (χ1n) is 5.56. The van der Waals surface area contributed by atoms with Gasteiger partial charge in [-0.3, -0.25) is 9.98 Å². The maximum absolute atomic E-state index is 5.69. The normalized spacial score (nSPS) is 11.2. The van der Waals surface area contributed by atoms with Gasteiger partial charge in [-0.2, -0.15) is 0 Å². The van der Waals surface area contributed by atoms with Crippen LogP contribution in [0.2, 0.25) is 0 Å². The van der Waals surface area contributed by atoms with E-state index in [2.05, 4.69) is 21.4 Å². The number of pyridine rings is 1. The van der Waals surface area contributed by atoms with Gasteiger partial charge < -0.3 is 11.1 Å². The van der Waals surface area contributed by atoms with Crippen molar-refractivity contribution in [3.8, 4) is 0 Å². The number of aromatic nitrogens is 1. The van der Waals surface area contributed by atoms with E-state index in [1.54, 1.807) is 0 Å². The Labute approximate surface area is 120 Å².